The molecule has 2 aromatic rings. The van der Waals surface area contributed by atoms with Gasteiger partial charge in [0, 0.05) is 24.4 Å². The molecule has 0 bridgehead atoms. The Hall–Kier alpha value is -2.70. The number of benzene rings is 1. The van der Waals surface area contributed by atoms with Gasteiger partial charge in [0.25, 0.3) is 0 Å². The number of carboxylic acid groups (broad SMARTS) is 1. The standard InChI is InChI=1S/C16H19N3O4/c1-9(2)15-18-14(23-19-15)7-6-13(20)17-11-4-5-12(16(21)22)10(3)8-11/h4-5,8-9H,6-7H2,1-3H3,(H,17,20)(H,21,22). The summed E-state index contributed by atoms with van der Waals surface area (Å²) >= 11 is 0. The minimum atomic E-state index is -0.988. The van der Waals surface area contributed by atoms with Gasteiger partial charge in [0.2, 0.25) is 11.8 Å². The SMILES string of the molecule is Cc1cc(NC(=O)CCc2nc(C(C)C)no2)ccc1C(=O)O. The van der Waals surface area contributed by atoms with Crippen LogP contribution in [0.15, 0.2) is 22.7 Å². The van der Waals surface area contributed by atoms with Crippen molar-refractivity contribution in [2.75, 3.05) is 5.32 Å². The van der Waals surface area contributed by atoms with Crippen molar-refractivity contribution in [3.63, 3.8) is 0 Å². The van der Waals surface area contributed by atoms with Gasteiger partial charge >= 0.3 is 5.97 Å². The number of hydrogen-bond donors (Lipinski definition) is 2. The number of rotatable bonds is 6. The van der Waals surface area contributed by atoms with Gasteiger partial charge in [0.15, 0.2) is 5.82 Å². The molecule has 0 saturated heterocycles. The maximum atomic E-state index is 11.9. The Balaban J connectivity index is 1.91. The molecule has 2 N–H and O–H groups in total. The number of anilines is 1. The molecule has 23 heavy (non-hydrogen) atoms. The van der Waals surface area contributed by atoms with Crippen molar-refractivity contribution in [3.05, 3.63) is 41.0 Å². The number of amides is 1. The van der Waals surface area contributed by atoms with E-state index < -0.39 is 5.97 Å². The van der Waals surface area contributed by atoms with Gasteiger partial charge in [-0.1, -0.05) is 19.0 Å². The number of hydrogen-bond acceptors (Lipinski definition) is 5. The Morgan fingerprint density at radius 1 is 1.35 bits per heavy atom. The lowest BCUT2D eigenvalue weighted by atomic mass is 10.1. The Kier molecular flexibility index (Phi) is 5.10. The van der Waals surface area contributed by atoms with E-state index in [0.717, 1.165) is 0 Å². The van der Waals surface area contributed by atoms with E-state index in [1.54, 1.807) is 19.1 Å². The van der Waals surface area contributed by atoms with E-state index >= 15 is 0 Å². The molecule has 0 saturated carbocycles. The highest BCUT2D eigenvalue weighted by Crippen LogP contribution is 2.16. The van der Waals surface area contributed by atoms with Crippen LogP contribution < -0.4 is 5.32 Å². The van der Waals surface area contributed by atoms with E-state index in [4.69, 9.17) is 9.63 Å². The molecule has 0 aliphatic rings. The third-order valence-corrected chi connectivity index (χ3v) is 3.31. The molecule has 0 aliphatic heterocycles. The van der Waals surface area contributed by atoms with Gasteiger partial charge in [0.1, 0.15) is 0 Å². The van der Waals surface area contributed by atoms with Crippen LogP contribution in [0.25, 0.3) is 0 Å². The molecule has 1 heterocycles. The van der Waals surface area contributed by atoms with Crippen molar-refractivity contribution in [1.29, 1.82) is 0 Å². The van der Waals surface area contributed by atoms with E-state index in [2.05, 4.69) is 15.5 Å². The summed E-state index contributed by atoms with van der Waals surface area (Å²) in [5.41, 5.74) is 1.37. The summed E-state index contributed by atoms with van der Waals surface area (Å²) in [5, 5.41) is 15.5. The third-order valence-electron chi connectivity index (χ3n) is 3.31. The van der Waals surface area contributed by atoms with E-state index in [0.29, 0.717) is 29.4 Å². The van der Waals surface area contributed by atoms with E-state index in [9.17, 15) is 9.59 Å². The summed E-state index contributed by atoms with van der Waals surface area (Å²) in [7, 11) is 0. The maximum absolute atomic E-state index is 11.9. The smallest absolute Gasteiger partial charge is 0.335 e. The molecule has 7 nitrogen and oxygen atoms in total. The lowest BCUT2D eigenvalue weighted by Gasteiger charge is -2.07. The van der Waals surface area contributed by atoms with Gasteiger partial charge in [-0.05, 0) is 30.7 Å². The van der Waals surface area contributed by atoms with Crippen molar-refractivity contribution >= 4 is 17.6 Å². The average Bonchev–Trinajstić information content (AvgIpc) is 2.94. The fraction of sp³-hybridized carbons (Fsp3) is 0.375. The number of aromatic carboxylic acids is 1. The first-order valence-corrected chi connectivity index (χ1v) is 7.33. The van der Waals surface area contributed by atoms with Gasteiger partial charge in [-0.15, -0.1) is 0 Å². The summed E-state index contributed by atoms with van der Waals surface area (Å²) in [5.74, 6) is 0.0492. The molecule has 2 rings (SSSR count). The van der Waals surface area contributed by atoms with E-state index in [1.807, 2.05) is 13.8 Å². The Bertz CT molecular complexity index is 722. The monoisotopic (exact) mass is 317 g/mol. The molecule has 0 aliphatic carbocycles. The number of aromatic nitrogens is 2. The largest absolute Gasteiger partial charge is 0.478 e. The van der Waals surface area contributed by atoms with Crippen LogP contribution in [0.3, 0.4) is 0 Å². The van der Waals surface area contributed by atoms with Crippen molar-refractivity contribution in [1.82, 2.24) is 10.1 Å². The Labute approximate surface area is 133 Å². The van der Waals surface area contributed by atoms with E-state index in [-0.39, 0.29) is 23.8 Å². The predicted octanol–water partition coefficient (Wildman–Crippen LogP) is 2.77. The summed E-state index contributed by atoms with van der Waals surface area (Å²) in [6.07, 6.45) is 0.567. The summed E-state index contributed by atoms with van der Waals surface area (Å²) in [6, 6.07) is 4.67. The summed E-state index contributed by atoms with van der Waals surface area (Å²) in [4.78, 5) is 27.1. The lowest BCUT2D eigenvalue weighted by molar-refractivity contribution is -0.116. The number of nitrogens with zero attached hydrogens (tertiary/aromatic N) is 2. The molecular formula is C16H19N3O4. The molecule has 1 amide bonds. The molecule has 1 aromatic carbocycles. The van der Waals surface area contributed by atoms with Crippen LogP contribution in [0.2, 0.25) is 0 Å². The van der Waals surface area contributed by atoms with Gasteiger partial charge in [-0.3, -0.25) is 4.79 Å². The minimum absolute atomic E-state index is 0.178. The second-order valence-electron chi connectivity index (χ2n) is 5.58. The zero-order valence-electron chi connectivity index (χ0n) is 13.3. The van der Waals surface area contributed by atoms with Crippen molar-refractivity contribution in [2.45, 2.75) is 39.5 Å². The topological polar surface area (TPSA) is 105 Å². The van der Waals surface area contributed by atoms with Crippen LogP contribution in [0.1, 0.15) is 53.8 Å². The molecule has 122 valence electrons. The van der Waals surface area contributed by atoms with Crippen molar-refractivity contribution < 1.29 is 19.2 Å². The zero-order valence-corrected chi connectivity index (χ0v) is 13.3. The average molecular weight is 317 g/mol. The zero-order chi connectivity index (χ0) is 17.0. The van der Waals surface area contributed by atoms with Gasteiger partial charge < -0.3 is 14.9 Å². The number of nitrogens with one attached hydrogen (secondary N) is 1. The molecule has 0 spiro atoms. The highest BCUT2D eigenvalue weighted by Gasteiger charge is 2.12. The third kappa shape index (κ3) is 4.38. The lowest BCUT2D eigenvalue weighted by Crippen LogP contribution is -2.13. The number of carbonyl (C=O) groups is 2. The first-order valence-electron chi connectivity index (χ1n) is 7.33. The number of carboxylic acids is 1. The first kappa shape index (κ1) is 16.7. The van der Waals surface area contributed by atoms with Crippen LogP contribution in [0.5, 0.6) is 0 Å². The molecule has 0 unspecified atom stereocenters. The van der Waals surface area contributed by atoms with Crippen LogP contribution in [0.4, 0.5) is 5.69 Å². The summed E-state index contributed by atoms with van der Waals surface area (Å²) < 4.78 is 5.08. The highest BCUT2D eigenvalue weighted by molar-refractivity contribution is 5.93. The van der Waals surface area contributed by atoms with Gasteiger partial charge in [-0.2, -0.15) is 4.98 Å². The molecule has 0 fully saturated rings. The molecule has 0 radical (unpaired) electrons. The Morgan fingerprint density at radius 2 is 2.09 bits per heavy atom. The highest BCUT2D eigenvalue weighted by atomic mass is 16.5. The van der Waals surface area contributed by atoms with E-state index in [1.165, 1.54) is 6.07 Å². The van der Waals surface area contributed by atoms with Gasteiger partial charge in [0.05, 0.1) is 5.56 Å². The minimum Gasteiger partial charge on any atom is -0.478 e. The quantitative estimate of drug-likeness (QED) is 0.848. The van der Waals surface area contributed by atoms with Crippen LogP contribution in [0, 0.1) is 6.92 Å². The second-order valence-corrected chi connectivity index (χ2v) is 5.58. The fourth-order valence-electron chi connectivity index (χ4n) is 2.03. The normalized spacial score (nSPS) is 10.8. The second kappa shape index (κ2) is 7.04. The van der Waals surface area contributed by atoms with Crippen molar-refractivity contribution in [3.8, 4) is 0 Å². The Morgan fingerprint density at radius 3 is 2.65 bits per heavy atom. The van der Waals surface area contributed by atoms with Crippen LogP contribution >= 0.6 is 0 Å². The molecular weight excluding hydrogens is 298 g/mol. The van der Waals surface area contributed by atoms with Gasteiger partial charge in [-0.25, -0.2) is 4.79 Å². The molecule has 1 aromatic heterocycles. The fourth-order valence-corrected chi connectivity index (χ4v) is 2.03. The maximum Gasteiger partial charge on any atom is 0.335 e. The number of carbonyl (C=O) groups excluding carboxylic acids is 1. The number of aryl methyl sites for hydroxylation is 2. The van der Waals surface area contributed by atoms with Crippen LogP contribution in [-0.2, 0) is 11.2 Å². The predicted molar refractivity (Wildman–Crippen MR) is 83.5 cm³/mol. The molecule has 7 heteroatoms. The first-order chi connectivity index (χ1) is 10.9. The molecule has 0 atom stereocenters. The van der Waals surface area contributed by atoms with Crippen molar-refractivity contribution in [2.24, 2.45) is 0 Å². The summed E-state index contributed by atoms with van der Waals surface area (Å²) in [6.45, 7) is 5.61. The van der Waals surface area contributed by atoms with Crippen LogP contribution in [-0.4, -0.2) is 27.1 Å².